The Balaban J connectivity index is 2.87. The summed E-state index contributed by atoms with van der Waals surface area (Å²) < 4.78 is 13.3. The van der Waals surface area contributed by atoms with E-state index in [9.17, 15) is 34.3 Å². The molecule has 0 saturated heterocycles. The fraction of sp³-hybridized carbons (Fsp3) is 0.467. The first-order valence-corrected chi connectivity index (χ1v) is 7.25. The van der Waals surface area contributed by atoms with Gasteiger partial charge in [-0.05, 0) is 24.0 Å². The normalized spacial score (nSPS) is 13.4. The van der Waals surface area contributed by atoms with Gasteiger partial charge in [0.2, 0.25) is 11.7 Å². The number of carboxylic acids is 1. The third-order valence-electron chi connectivity index (χ3n) is 3.26. The molecule has 1 rings (SSSR count). The molecule has 0 radical (unpaired) electrons. The number of halogens is 1. The number of aliphatic hydroxyl groups is 1. The summed E-state index contributed by atoms with van der Waals surface area (Å²) in [5.74, 6) is -3.21. The van der Waals surface area contributed by atoms with Gasteiger partial charge in [0.15, 0.2) is 0 Å². The van der Waals surface area contributed by atoms with E-state index in [1.807, 2.05) is 0 Å². The first-order chi connectivity index (χ1) is 11.1. The van der Waals surface area contributed by atoms with E-state index in [1.165, 1.54) is 6.07 Å². The number of nitrogens with zero attached hydrogens (tertiary/aromatic N) is 1. The average molecular weight is 342 g/mol. The quantitative estimate of drug-likeness (QED) is 0.481. The van der Waals surface area contributed by atoms with Gasteiger partial charge in [0.1, 0.15) is 12.1 Å². The number of rotatable bonds is 8. The smallest absolute Gasteiger partial charge is 0.326 e. The Kier molecular flexibility index (Phi) is 6.78. The Hall–Kier alpha value is -2.55. The third kappa shape index (κ3) is 5.58. The van der Waals surface area contributed by atoms with E-state index in [-0.39, 0.29) is 24.3 Å². The molecule has 1 aromatic rings. The maximum absolute atomic E-state index is 13.3. The molecule has 0 heterocycles. The molecule has 0 aliphatic heterocycles. The highest BCUT2D eigenvalue weighted by Crippen LogP contribution is 2.19. The van der Waals surface area contributed by atoms with Gasteiger partial charge in [-0.15, -0.1) is 0 Å². The molecule has 1 amide bonds. The standard InChI is InChI=1S/C15H19FN2O6/c1-8(2)5-13(19)14(20)17-11(15(21)22)6-9-3-4-10(16)12(7-9)18(23)24/h3-4,7-8,11,13,19H,5-6H2,1-2H3,(H,17,20)(H,21,22)/t11-,13+/m1/s1. The summed E-state index contributed by atoms with van der Waals surface area (Å²) >= 11 is 0. The van der Waals surface area contributed by atoms with Crippen LogP contribution in [0.3, 0.4) is 0 Å². The van der Waals surface area contributed by atoms with Crippen LogP contribution in [-0.2, 0) is 16.0 Å². The van der Waals surface area contributed by atoms with Crippen molar-refractivity contribution in [1.29, 1.82) is 0 Å². The number of nitro groups is 1. The van der Waals surface area contributed by atoms with Gasteiger partial charge in [0, 0.05) is 12.5 Å². The monoisotopic (exact) mass is 342 g/mol. The lowest BCUT2D eigenvalue weighted by molar-refractivity contribution is -0.387. The number of hydrogen-bond acceptors (Lipinski definition) is 5. The molecule has 0 spiro atoms. The lowest BCUT2D eigenvalue weighted by Crippen LogP contribution is -2.46. The highest BCUT2D eigenvalue weighted by molar-refractivity contribution is 5.86. The van der Waals surface area contributed by atoms with Crippen LogP contribution in [0, 0.1) is 21.8 Å². The highest BCUT2D eigenvalue weighted by atomic mass is 19.1. The predicted octanol–water partition coefficient (Wildman–Crippen LogP) is 1.25. The van der Waals surface area contributed by atoms with Crippen molar-refractivity contribution < 1.29 is 29.1 Å². The van der Waals surface area contributed by atoms with Gasteiger partial charge in [-0.25, -0.2) is 4.79 Å². The van der Waals surface area contributed by atoms with E-state index in [0.29, 0.717) is 0 Å². The van der Waals surface area contributed by atoms with E-state index in [0.717, 1.165) is 12.1 Å². The van der Waals surface area contributed by atoms with Gasteiger partial charge in [0.25, 0.3) is 0 Å². The number of aliphatic hydroxyl groups excluding tert-OH is 1. The molecule has 0 bridgehead atoms. The Morgan fingerprint density at radius 2 is 2.00 bits per heavy atom. The molecule has 8 nitrogen and oxygen atoms in total. The van der Waals surface area contributed by atoms with Crippen LogP contribution in [0.5, 0.6) is 0 Å². The zero-order chi connectivity index (χ0) is 18.4. The summed E-state index contributed by atoms with van der Waals surface area (Å²) in [6.07, 6.45) is -1.47. The first-order valence-electron chi connectivity index (χ1n) is 7.25. The minimum atomic E-state index is -1.40. The van der Waals surface area contributed by atoms with E-state index in [4.69, 9.17) is 0 Å². The van der Waals surface area contributed by atoms with Crippen LogP contribution in [0.2, 0.25) is 0 Å². The first kappa shape index (κ1) is 19.5. The van der Waals surface area contributed by atoms with Crippen molar-refractivity contribution in [1.82, 2.24) is 5.32 Å². The van der Waals surface area contributed by atoms with Gasteiger partial charge in [-0.1, -0.05) is 19.9 Å². The van der Waals surface area contributed by atoms with E-state index >= 15 is 0 Å². The summed E-state index contributed by atoms with van der Waals surface area (Å²) in [6, 6.07) is 1.59. The summed E-state index contributed by atoms with van der Waals surface area (Å²) in [5, 5.41) is 31.8. The number of nitro benzene ring substituents is 1. The van der Waals surface area contributed by atoms with Crippen molar-refractivity contribution in [2.24, 2.45) is 5.92 Å². The third-order valence-corrected chi connectivity index (χ3v) is 3.26. The maximum atomic E-state index is 13.3. The number of amides is 1. The SMILES string of the molecule is CC(C)C[C@H](O)C(=O)N[C@H](Cc1ccc(F)c([N+](=O)[O-])c1)C(=O)O. The molecule has 0 saturated carbocycles. The van der Waals surface area contributed by atoms with Gasteiger partial charge < -0.3 is 15.5 Å². The molecule has 0 aliphatic rings. The summed E-state index contributed by atoms with van der Waals surface area (Å²) in [5.41, 5.74) is -0.600. The largest absolute Gasteiger partial charge is 0.480 e. The molecule has 132 valence electrons. The van der Waals surface area contributed by atoms with E-state index in [2.05, 4.69) is 5.32 Å². The Labute approximate surface area is 137 Å². The fourth-order valence-corrected chi connectivity index (χ4v) is 2.08. The van der Waals surface area contributed by atoms with Crippen molar-refractivity contribution in [2.75, 3.05) is 0 Å². The molecule has 0 unspecified atom stereocenters. The van der Waals surface area contributed by atoms with E-state index in [1.54, 1.807) is 13.8 Å². The number of carboxylic acid groups (broad SMARTS) is 1. The van der Waals surface area contributed by atoms with Gasteiger partial charge in [0.05, 0.1) is 4.92 Å². The van der Waals surface area contributed by atoms with Crippen LogP contribution in [0.4, 0.5) is 10.1 Å². The predicted molar refractivity (Wildman–Crippen MR) is 81.8 cm³/mol. The lowest BCUT2D eigenvalue weighted by atomic mass is 10.0. The minimum Gasteiger partial charge on any atom is -0.480 e. The fourth-order valence-electron chi connectivity index (χ4n) is 2.08. The van der Waals surface area contributed by atoms with Gasteiger partial charge in [-0.2, -0.15) is 4.39 Å². The summed E-state index contributed by atoms with van der Waals surface area (Å²) in [6.45, 7) is 3.59. The number of aliphatic carboxylic acids is 1. The van der Waals surface area contributed by atoms with E-state index < -0.39 is 40.5 Å². The lowest BCUT2D eigenvalue weighted by Gasteiger charge is -2.18. The van der Waals surface area contributed by atoms with Crippen LogP contribution in [0.15, 0.2) is 18.2 Å². The Bertz CT molecular complexity index is 634. The topological polar surface area (TPSA) is 130 Å². The number of carbonyl (C=O) groups is 2. The molecule has 0 fully saturated rings. The van der Waals surface area contributed by atoms with Gasteiger partial charge in [-0.3, -0.25) is 14.9 Å². The Morgan fingerprint density at radius 3 is 2.50 bits per heavy atom. The molecule has 2 atom stereocenters. The Morgan fingerprint density at radius 1 is 1.38 bits per heavy atom. The van der Waals surface area contributed by atoms with Crippen molar-refractivity contribution in [3.05, 3.63) is 39.7 Å². The number of carbonyl (C=O) groups excluding carboxylic acids is 1. The zero-order valence-corrected chi connectivity index (χ0v) is 13.2. The van der Waals surface area contributed by atoms with Crippen molar-refractivity contribution >= 4 is 17.6 Å². The second-order valence-corrected chi connectivity index (χ2v) is 5.79. The second kappa shape index (κ2) is 8.34. The van der Waals surface area contributed by atoms with Crippen molar-refractivity contribution in [3.8, 4) is 0 Å². The van der Waals surface area contributed by atoms with Crippen LogP contribution in [-0.4, -0.2) is 39.2 Å². The summed E-state index contributed by atoms with van der Waals surface area (Å²) in [4.78, 5) is 32.9. The molecular formula is C15H19FN2O6. The van der Waals surface area contributed by atoms with Crippen LogP contribution >= 0.6 is 0 Å². The van der Waals surface area contributed by atoms with Crippen molar-refractivity contribution in [3.63, 3.8) is 0 Å². The minimum absolute atomic E-state index is 0.0359. The maximum Gasteiger partial charge on any atom is 0.326 e. The molecule has 24 heavy (non-hydrogen) atoms. The van der Waals surface area contributed by atoms with Crippen LogP contribution in [0.25, 0.3) is 0 Å². The molecule has 3 N–H and O–H groups in total. The molecule has 9 heteroatoms. The molecule has 1 aromatic carbocycles. The van der Waals surface area contributed by atoms with Gasteiger partial charge >= 0.3 is 11.7 Å². The number of hydrogen-bond donors (Lipinski definition) is 3. The zero-order valence-electron chi connectivity index (χ0n) is 13.2. The van der Waals surface area contributed by atoms with Crippen LogP contribution in [0.1, 0.15) is 25.8 Å². The molecular weight excluding hydrogens is 323 g/mol. The van der Waals surface area contributed by atoms with Crippen LogP contribution < -0.4 is 5.32 Å². The van der Waals surface area contributed by atoms with Crippen molar-refractivity contribution in [2.45, 2.75) is 38.8 Å². The highest BCUT2D eigenvalue weighted by Gasteiger charge is 2.25. The second-order valence-electron chi connectivity index (χ2n) is 5.79. The average Bonchev–Trinajstić information content (AvgIpc) is 2.47. The number of nitrogens with one attached hydrogen (secondary N) is 1. The molecule has 0 aromatic heterocycles. The number of benzene rings is 1. The molecule has 0 aliphatic carbocycles. The summed E-state index contributed by atoms with van der Waals surface area (Å²) in [7, 11) is 0.